The Labute approximate surface area is 98.4 Å². The predicted molar refractivity (Wildman–Crippen MR) is 63.7 cm³/mol. The third-order valence-corrected chi connectivity index (χ3v) is 3.35. The summed E-state index contributed by atoms with van der Waals surface area (Å²) in [6.45, 7) is 4.94. The average molecular weight is 222 g/mol. The van der Waals surface area contributed by atoms with Crippen molar-refractivity contribution in [1.29, 1.82) is 5.26 Å². The first-order chi connectivity index (χ1) is 7.69. The van der Waals surface area contributed by atoms with Crippen LogP contribution in [0.4, 0.5) is 0 Å². The summed E-state index contributed by atoms with van der Waals surface area (Å²) in [6, 6.07) is 2.50. The van der Waals surface area contributed by atoms with Gasteiger partial charge in [-0.05, 0) is 13.3 Å². The zero-order valence-corrected chi connectivity index (χ0v) is 10.4. The summed E-state index contributed by atoms with van der Waals surface area (Å²) in [7, 11) is 0. The molecule has 0 aromatic heterocycles. The van der Waals surface area contributed by atoms with E-state index in [9.17, 15) is 4.79 Å². The topological polar surface area (TPSA) is 44.1 Å². The van der Waals surface area contributed by atoms with Gasteiger partial charge in [-0.15, -0.1) is 0 Å². The first-order valence-corrected chi connectivity index (χ1v) is 6.38. The Morgan fingerprint density at radius 1 is 1.50 bits per heavy atom. The maximum absolute atomic E-state index is 11.6. The molecule has 1 fully saturated rings. The summed E-state index contributed by atoms with van der Waals surface area (Å²) in [5.41, 5.74) is 0. The van der Waals surface area contributed by atoms with E-state index in [1.165, 1.54) is 25.7 Å². The van der Waals surface area contributed by atoms with Crippen LogP contribution in [0.15, 0.2) is 0 Å². The van der Waals surface area contributed by atoms with Gasteiger partial charge in [-0.3, -0.25) is 4.79 Å². The van der Waals surface area contributed by atoms with Crippen molar-refractivity contribution < 1.29 is 4.79 Å². The van der Waals surface area contributed by atoms with Crippen LogP contribution < -0.4 is 0 Å². The Morgan fingerprint density at radius 2 is 2.25 bits per heavy atom. The fourth-order valence-electron chi connectivity index (χ4n) is 2.27. The van der Waals surface area contributed by atoms with E-state index in [4.69, 9.17) is 5.26 Å². The minimum absolute atomic E-state index is 0.0782. The summed E-state index contributed by atoms with van der Waals surface area (Å²) in [5, 5.41) is 8.80. The molecule has 0 aliphatic carbocycles. The molecule has 2 atom stereocenters. The Bertz CT molecular complexity index is 270. The highest BCUT2D eigenvalue weighted by atomic mass is 16.2. The van der Waals surface area contributed by atoms with E-state index in [-0.39, 0.29) is 11.8 Å². The molecule has 1 rings (SSSR count). The van der Waals surface area contributed by atoms with Crippen LogP contribution in [0.3, 0.4) is 0 Å². The molecule has 0 aromatic rings. The number of nitrogens with zero attached hydrogens (tertiary/aromatic N) is 2. The fraction of sp³-hybridized carbons (Fsp3) is 0.846. The summed E-state index contributed by atoms with van der Waals surface area (Å²) in [6.07, 6.45) is 6.47. The zero-order chi connectivity index (χ0) is 12.0. The van der Waals surface area contributed by atoms with Gasteiger partial charge in [0.15, 0.2) is 0 Å². The van der Waals surface area contributed by atoms with E-state index in [0.29, 0.717) is 19.0 Å². The zero-order valence-electron chi connectivity index (χ0n) is 10.4. The molecule has 1 saturated heterocycles. The van der Waals surface area contributed by atoms with Crippen LogP contribution in [0.2, 0.25) is 0 Å². The second-order valence-corrected chi connectivity index (χ2v) is 4.77. The SMILES string of the molecule is CCCCCCC(C)N1CC(C#N)CC1=O. The van der Waals surface area contributed by atoms with Crippen LogP contribution in [0.5, 0.6) is 0 Å². The minimum Gasteiger partial charge on any atom is -0.339 e. The number of rotatable bonds is 6. The van der Waals surface area contributed by atoms with E-state index in [1.54, 1.807) is 0 Å². The van der Waals surface area contributed by atoms with E-state index in [1.807, 2.05) is 4.90 Å². The number of carbonyl (C=O) groups is 1. The second kappa shape index (κ2) is 6.52. The highest BCUT2D eigenvalue weighted by Gasteiger charge is 2.32. The third kappa shape index (κ3) is 3.52. The van der Waals surface area contributed by atoms with Gasteiger partial charge in [0.25, 0.3) is 0 Å². The molecule has 0 spiro atoms. The van der Waals surface area contributed by atoms with Crippen LogP contribution in [0, 0.1) is 17.2 Å². The monoisotopic (exact) mass is 222 g/mol. The molecule has 0 N–H and O–H groups in total. The van der Waals surface area contributed by atoms with Crippen molar-refractivity contribution in [2.45, 2.75) is 58.4 Å². The molecule has 16 heavy (non-hydrogen) atoms. The molecule has 1 amide bonds. The molecule has 0 radical (unpaired) electrons. The molecule has 0 saturated carbocycles. The molecule has 0 bridgehead atoms. The normalized spacial score (nSPS) is 22.2. The van der Waals surface area contributed by atoms with Crippen LogP contribution in [0.1, 0.15) is 52.4 Å². The highest BCUT2D eigenvalue weighted by molar-refractivity contribution is 5.79. The van der Waals surface area contributed by atoms with Crippen molar-refractivity contribution in [3.8, 4) is 6.07 Å². The third-order valence-electron chi connectivity index (χ3n) is 3.35. The molecule has 1 aliphatic rings. The van der Waals surface area contributed by atoms with Gasteiger partial charge >= 0.3 is 0 Å². The van der Waals surface area contributed by atoms with E-state index in [0.717, 1.165) is 6.42 Å². The number of hydrogen-bond acceptors (Lipinski definition) is 2. The van der Waals surface area contributed by atoms with E-state index >= 15 is 0 Å². The number of likely N-dealkylation sites (tertiary alicyclic amines) is 1. The first kappa shape index (κ1) is 13.0. The number of unbranched alkanes of at least 4 members (excludes halogenated alkanes) is 3. The lowest BCUT2D eigenvalue weighted by atomic mass is 10.1. The second-order valence-electron chi connectivity index (χ2n) is 4.77. The largest absolute Gasteiger partial charge is 0.339 e. The van der Waals surface area contributed by atoms with Crippen LogP contribution in [-0.2, 0) is 4.79 Å². The van der Waals surface area contributed by atoms with Gasteiger partial charge in [0.1, 0.15) is 0 Å². The van der Waals surface area contributed by atoms with Crippen molar-refractivity contribution in [3.63, 3.8) is 0 Å². The number of nitriles is 1. The van der Waals surface area contributed by atoms with Crippen molar-refractivity contribution in [2.75, 3.05) is 6.54 Å². The van der Waals surface area contributed by atoms with Crippen molar-refractivity contribution in [3.05, 3.63) is 0 Å². The quantitative estimate of drug-likeness (QED) is 0.648. The van der Waals surface area contributed by atoms with Crippen molar-refractivity contribution >= 4 is 5.91 Å². The van der Waals surface area contributed by atoms with Gasteiger partial charge in [0.2, 0.25) is 5.91 Å². The standard InChI is InChI=1S/C13H22N2O/c1-3-4-5-6-7-11(2)15-10-12(9-14)8-13(15)16/h11-12H,3-8,10H2,1-2H3. The maximum Gasteiger partial charge on any atom is 0.224 e. The molecule has 3 heteroatoms. The van der Waals surface area contributed by atoms with Gasteiger partial charge in [-0.25, -0.2) is 0 Å². The number of carbonyl (C=O) groups excluding carboxylic acids is 1. The molecule has 90 valence electrons. The molecular formula is C13H22N2O. The lowest BCUT2D eigenvalue weighted by Crippen LogP contribution is -2.34. The number of amides is 1. The average Bonchev–Trinajstić information content (AvgIpc) is 2.66. The van der Waals surface area contributed by atoms with E-state index < -0.39 is 0 Å². The molecule has 3 nitrogen and oxygen atoms in total. The Kier molecular flexibility index (Phi) is 5.31. The number of hydrogen-bond donors (Lipinski definition) is 0. The lowest BCUT2D eigenvalue weighted by molar-refractivity contribution is -0.129. The Hall–Kier alpha value is -1.04. The van der Waals surface area contributed by atoms with Crippen molar-refractivity contribution in [2.24, 2.45) is 5.92 Å². The van der Waals surface area contributed by atoms with Gasteiger partial charge < -0.3 is 4.90 Å². The smallest absolute Gasteiger partial charge is 0.224 e. The van der Waals surface area contributed by atoms with Crippen LogP contribution in [-0.4, -0.2) is 23.4 Å². The van der Waals surface area contributed by atoms with Gasteiger partial charge in [0.05, 0.1) is 12.0 Å². The lowest BCUT2D eigenvalue weighted by Gasteiger charge is -2.24. The summed E-state index contributed by atoms with van der Waals surface area (Å²) >= 11 is 0. The molecule has 0 aromatic carbocycles. The summed E-state index contributed by atoms with van der Waals surface area (Å²) in [4.78, 5) is 13.5. The summed E-state index contributed by atoms with van der Waals surface area (Å²) in [5.74, 6) is 0.0835. The molecule has 2 unspecified atom stereocenters. The van der Waals surface area contributed by atoms with Crippen LogP contribution in [0.25, 0.3) is 0 Å². The van der Waals surface area contributed by atoms with Gasteiger partial charge in [0, 0.05) is 19.0 Å². The predicted octanol–water partition coefficient (Wildman–Crippen LogP) is 2.72. The Balaban J connectivity index is 2.29. The van der Waals surface area contributed by atoms with Gasteiger partial charge in [-0.2, -0.15) is 5.26 Å². The molecule has 1 aliphatic heterocycles. The molecule has 1 heterocycles. The fourth-order valence-corrected chi connectivity index (χ4v) is 2.27. The maximum atomic E-state index is 11.6. The van der Waals surface area contributed by atoms with Gasteiger partial charge in [-0.1, -0.05) is 32.6 Å². The Morgan fingerprint density at radius 3 is 2.81 bits per heavy atom. The first-order valence-electron chi connectivity index (χ1n) is 6.38. The van der Waals surface area contributed by atoms with E-state index in [2.05, 4.69) is 19.9 Å². The molecular weight excluding hydrogens is 200 g/mol. The van der Waals surface area contributed by atoms with Crippen molar-refractivity contribution in [1.82, 2.24) is 4.90 Å². The summed E-state index contributed by atoms with van der Waals surface area (Å²) < 4.78 is 0. The highest BCUT2D eigenvalue weighted by Crippen LogP contribution is 2.21. The van der Waals surface area contributed by atoms with Crippen LogP contribution >= 0.6 is 0 Å². The minimum atomic E-state index is -0.0782.